The zero-order valence-corrected chi connectivity index (χ0v) is 19.2. The molecule has 160 valence electrons. The minimum atomic E-state index is -0.551. The van der Waals surface area contributed by atoms with E-state index in [0.29, 0.717) is 6.42 Å². The Hall–Kier alpha value is -2.27. The Kier molecular flexibility index (Phi) is 6.91. The first-order valence-corrected chi connectivity index (χ1v) is 11.3. The summed E-state index contributed by atoms with van der Waals surface area (Å²) >= 11 is 1.26. The fraction of sp³-hybridized carbons (Fsp3) is 0.440. The minimum Gasteiger partial charge on any atom is -0.449 e. The van der Waals surface area contributed by atoms with E-state index in [1.165, 1.54) is 34.0 Å². The van der Waals surface area contributed by atoms with Crippen molar-refractivity contribution in [2.45, 2.75) is 57.7 Å². The fourth-order valence-electron chi connectivity index (χ4n) is 3.84. The van der Waals surface area contributed by atoms with Crippen LogP contribution in [0, 0.1) is 5.92 Å². The Morgan fingerprint density at radius 3 is 2.03 bits per heavy atom. The summed E-state index contributed by atoms with van der Waals surface area (Å²) in [4.78, 5) is 25.3. The van der Waals surface area contributed by atoms with Gasteiger partial charge in [0.2, 0.25) is 5.12 Å². The van der Waals surface area contributed by atoms with E-state index in [4.69, 9.17) is 4.74 Å². The van der Waals surface area contributed by atoms with Crippen LogP contribution in [0.15, 0.2) is 48.5 Å². The van der Waals surface area contributed by atoms with Crippen LogP contribution in [0.1, 0.15) is 58.1 Å². The van der Waals surface area contributed by atoms with Gasteiger partial charge < -0.3 is 10.1 Å². The quantitative estimate of drug-likeness (QED) is 0.617. The summed E-state index contributed by atoms with van der Waals surface area (Å²) in [6.07, 6.45) is 0.0527. The Morgan fingerprint density at radius 2 is 1.53 bits per heavy atom. The van der Waals surface area contributed by atoms with Gasteiger partial charge in [-0.3, -0.25) is 4.79 Å². The minimum absolute atomic E-state index is 0.00588. The molecule has 2 aromatic rings. The summed E-state index contributed by atoms with van der Waals surface area (Å²) in [5, 5.41) is 2.79. The maximum atomic E-state index is 12.7. The maximum absolute atomic E-state index is 12.7. The zero-order chi connectivity index (χ0) is 21.9. The predicted octanol–water partition coefficient (Wildman–Crippen LogP) is 6.00. The number of carbonyl (C=O) groups excluding carboxylic acids is 2. The molecule has 1 atom stereocenters. The number of ether oxygens (including phenoxy) is 1. The van der Waals surface area contributed by atoms with Crippen LogP contribution >= 0.6 is 11.8 Å². The van der Waals surface area contributed by atoms with Crippen LogP contribution in [-0.4, -0.2) is 28.6 Å². The van der Waals surface area contributed by atoms with Crippen molar-refractivity contribution in [2.75, 3.05) is 6.61 Å². The Balaban J connectivity index is 1.68. The average Bonchev–Trinajstić information content (AvgIpc) is 2.98. The standard InChI is InChI=1S/C25H31NO3S/c1-16(2)14-22(23(27)30-25(3,4)5)26-24(28)29-15-21-19-12-8-6-10-17(19)18-11-7-9-13-20(18)21/h6-13,16,21-22H,14-15H2,1-5H3,(H,26,28)/t22-/m0/s1. The predicted molar refractivity (Wildman–Crippen MR) is 124 cm³/mol. The number of fused-ring (bicyclic) bond motifs is 3. The van der Waals surface area contributed by atoms with Gasteiger partial charge in [-0.2, -0.15) is 0 Å². The molecule has 0 heterocycles. The number of hydrogen-bond acceptors (Lipinski definition) is 4. The Labute approximate surface area is 183 Å². The van der Waals surface area contributed by atoms with E-state index < -0.39 is 12.1 Å². The van der Waals surface area contributed by atoms with E-state index in [0.717, 1.165) is 0 Å². The van der Waals surface area contributed by atoms with Gasteiger partial charge in [-0.1, -0.05) is 94.9 Å². The maximum Gasteiger partial charge on any atom is 0.407 e. The molecule has 0 radical (unpaired) electrons. The molecule has 2 aromatic carbocycles. The average molecular weight is 426 g/mol. The molecule has 5 heteroatoms. The SMILES string of the molecule is CC(C)C[C@H](NC(=O)OCC1c2ccccc2-c2ccccc21)C(=O)SC(C)(C)C. The monoisotopic (exact) mass is 425 g/mol. The highest BCUT2D eigenvalue weighted by Crippen LogP contribution is 2.44. The van der Waals surface area contributed by atoms with Crippen LogP contribution in [0.3, 0.4) is 0 Å². The molecule has 0 fully saturated rings. The van der Waals surface area contributed by atoms with Crippen molar-refractivity contribution in [3.05, 3.63) is 59.7 Å². The number of rotatable bonds is 6. The number of alkyl carbamates (subject to hydrolysis) is 1. The molecule has 1 amide bonds. The molecule has 30 heavy (non-hydrogen) atoms. The lowest BCUT2D eigenvalue weighted by Gasteiger charge is -2.23. The number of carbonyl (C=O) groups is 2. The smallest absolute Gasteiger partial charge is 0.407 e. The first-order valence-electron chi connectivity index (χ1n) is 10.5. The van der Waals surface area contributed by atoms with Gasteiger partial charge in [0.25, 0.3) is 0 Å². The molecule has 3 rings (SSSR count). The molecular weight excluding hydrogens is 394 g/mol. The van der Waals surface area contributed by atoms with Crippen LogP contribution in [0.25, 0.3) is 11.1 Å². The summed E-state index contributed by atoms with van der Waals surface area (Å²) in [7, 11) is 0. The van der Waals surface area contributed by atoms with E-state index in [-0.39, 0.29) is 28.3 Å². The molecule has 0 bridgehead atoms. The molecule has 0 spiro atoms. The lowest BCUT2D eigenvalue weighted by atomic mass is 9.98. The molecule has 0 aromatic heterocycles. The van der Waals surface area contributed by atoms with Crippen molar-refractivity contribution in [3.63, 3.8) is 0 Å². The second-order valence-electron chi connectivity index (χ2n) is 9.19. The molecule has 1 N–H and O–H groups in total. The van der Waals surface area contributed by atoms with Crippen molar-refractivity contribution in [1.29, 1.82) is 0 Å². The van der Waals surface area contributed by atoms with Crippen LogP contribution in [0.4, 0.5) is 4.79 Å². The highest BCUT2D eigenvalue weighted by atomic mass is 32.2. The normalized spacial score (nSPS) is 14.2. The number of hydrogen-bond donors (Lipinski definition) is 1. The molecule has 0 saturated heterocycles. The lowest BCUT2D eigenvalue weighted by molar-refractivity contribution is -0.113. The number of nitrogens with one attached hydrogen (secondary N) is 1. The molecule has 1 aliphatic rings. The van der Waals surface area contributed by atoms with Gasteiger partial charge in [0.1, 0.15) is 12.6 Å². The molecule has 0 saturated carbocycles. The van der Waals surface area contributed by atoms with Crippen LogP contribution < -0.4 is 5.32 Å². The Bertz CT molecular complexity index is 871. The third-order valence-corrected chi connectivity index (χ3v) is 6.13. The summed E-state index contributed by atoms with van der Waals surface area (Å²) in [6, 6.07) is 15.9. The molecule has 0 aliphatic heterocycles. The van der Waals surface area contributed by atoms with Gasteiger partial charge in [-0.25, -0.2) is 4.79 Å². The highest BCUT2D eigenvalue weighted by Gasteiger charge is 2.30. The largest absolute Gasteiger partial charge is 0.449 e. The van der Waals surface area contributed by atoms with Gasteiger partial charge in [-0.05, 0) is 34.6 Å². The topological polar surface area (TPSA) is 55.4 Å². The van der Waals surface area contributed by atoms with Crippen molar-refractivity contribution >= 4 is 23.0 Å². The van der Waals surface area contributed by atoms with Crippen LogP contribution in [0.2, 0.25) is 0 Å². The summed E-state index contributed by atoms with van der Waals surface area (Å²) in [5.74, 6) is 0.291. The van der Waals surface area contributed by atoms with Gasteiger partial charge in [0.15, 0.2) is 0 Å². The van der Waals surface area contributed by atoms with Gasteiger partial charge in [-0.15, -0.1) is 0 Å². The van der Waals surface area contributed by atoms with E-state index in [9.17, 15) is 9.59 Å². The number of amides is 1. The number of thioether (sulfide) groups is 1. The molecule has 1 aliphatic carbocycles. The van der Waals surface area contributed by atoms with E-state index in [1.54, 1.807) is 0 Å². The van der Waals surface area contributed by atoms with E-state index in [2.05, 4.69) is 29.6 Å². The van der Waals surface area contributed by atoms with Gasteiger partial charge in [0, 0.05) is 10.7 Å². The van der Waals surface area contributed by atoms with E-state index >= 15 is 0 Å². The lowest BCUT2D eigenvalue weighted by Crippen LogP contribution is -2.42. The summed E-state index contributed by atoms with van der Waals surface area (Å²) in [6.45, 7) is 10.3. The first kappa shape index (κ1) is 22.4. The van der Waals surface area contributed by atoms with E-state index in [1.807, 2.05) is 58.9 Å². The fourth-order valence-corrected chi connectivity index (χ4v) is 4.74. The molecule has 4 nitrogen and oxygen atoms in total. The van der Waals surface area contributed by atoms with Crippen molar-refractivity contribution in [2.24, 2.45) is 5.92 Å². The Morgan fingerprint density at radius 1 is 1.00 bits per heavy atom. The van der Waals surface area contributed by atoms with Crippen molar-refractivity contribution in [1.82, 2.24) is 5.32 Å². The van der Waals surface area contributed by atoms with Gasteiger partial charge >= 0.3 is 6.09 Å². The second-order valence-corrected chi connectivity index (χ2v) is 11.0. The summed E-state index contributed by atoms with van der Waals surface area (Å²) < 4.78 is 5.42. The van der Waals surface area contributed by atoms with Crippen molar-refractivity contribution in [3.8, 4) is 11.1 Å². The second kappa shape index (κ2) is 9.25. The molecule has 0 unspecified atom stereocenters. The third-order valence-electron chi connectivity index (χ3n) is 5.03. The third kappa shape index (κ3) is 5.45. The number of benzene rings is 2. The summed E-state index contributed by atoms with van der Waals surface area (Å²) in [5.41, 5.74) is 4.72. The molecular formula is C25H31NO3S. The van der Waals surface area contributed by atoms with Gasteiger partial charge in [0.05, 0.1) is 0 Å². The first-order chi connectivity index (χ1) is 14.2. The van der Waals surface area contributed by atoms with Crippen LogP contribution in [-0.2, 0) is 9.53 Å². The zero-order valence-electron chi connectivity index (χ0n) is 18.4. The van der Waals surface area contributed by atoms with Crippen LogP contribution in [0.5, 0.6) is 0 Å². The highest BCUT2D eigenvalue weighted by molar-refractivity contribution is 8.14. The van der Waals surface area contributed by atoms with Crippen molar-refractivity contribution < 1.29 is 14.3 Å².